The van der Waals surface area contributed by atoms with Crippen molar-refractivity contribution in [1.82, 2.24) is 14.7 Å². The third kappa shape index (κ3) is 7.78. The molecule has 3 atom stereocenters. The lowest BCUT2D eigenvalue weighted by molar-refractivity contribution is -0.130. The molecule has 33 heavy (non-hydrogen) atoms. The van der Waals surface area contributed by atoms with Crippen LogP contribution < -0.4 is 0 Å². The summed E-state index contributed by atoms with van der Waals surface area (Å²) in [6, 6.07) is 4.23. The first kappa shape index (κ1) is 25.6. The van der Waals surface area contributed by atoms with Crippen LogP contribution in [0.4, 0.5) is 4.39 Å². The SMILES string of the molecule is C[C@@H]1C[C@H](O)CN(C[C@H](O)CCN2CCN(C(=O)/C=C/c3ccc(F)c(Cl)c3)CCC2=O)C1. The molecule has 2 aliphatic rings. The van der Waals surface area contributed by atoms with E-state index in [9.17, 15) is 24.2 Å². The van der Waals surface area contributed by atoms with Crippen molar-refractivity contribution < 1.29 is 24.2 Å². The smallest absolute Gasteiger partial charge is 0.246 e. The molecule has 1 aromatic rings. The summed E-state index contributed by atoms with van der Waals surface area (Å²) in [6.45, 7) is 5.57. The number of halogens is 2. The standard InChI is InChI=1S/C24H33ClFN3O4/c1-17-12-20(31)16-27(14-17)15-19(30)6-8-28-10-11-29(9-7-24(28)33)23(32)5-3-18-2-4-22(26)21(25)13-18/h2-5,13,17,19-20,30-31H,6-12,14-16H2,1H3/b5-3+/t17-,19-,20+/m1/s1. The molecule has 7 nitrogen and oxygen atoms in total. The van der Waals surface area contributed by atoms with Gasteiger partial charge < -0.3 is 20.0 Å². The highest BCUT2D eigenvalue weighted by Crippen LogP contribution is 2.18. The molecule has 0 saturated carbocycles. The first-order valence-electron chi connectivity index (χ1n) is 11.5. The molecule has 9 heteroatoms. The summed E-state index contributed by atoms with van der Waals surface area (Å²) in [4.78, 5) is 30.5. The Hall–Kier alpha value is -2.00. The molecule has 0 aromatic heterocycles. The summed E-state index contributed by atoms with van der Waals surface area (Å²) in [5.74, 6) is -0.373. The van der Waals surface area contributed by atoms with Crippen LogP contribution in [-0.4, -0.2) is 94.7 Å². The van der Waals surface area contributed by atoms with Crippen molar-refractivity contribution in [2.24, 2.45) is 5.92 Å². The lowest BCUT2D eigenvalue weighted by Crippen LogP contribution is -2.46. The van der Waals surface area contributed by atoms with Crippen molar-refractivity contribution >= 4 is 29.5 Å². The number of aliphatic hydroxyl groups is 2. The van der Waals surface area contributed by atoms with E-state index in [0.717, 1.165) is 13.0 Å². The molecule has 1 aromatic carbocycles. The van der Waals surface area contributed by atoms with Gasteiger partial charge in [-0.3, -0.25) is 14.5 Å². The van der Waals surface area contributed by atoms with Crippen LogP contribution in [0.25, 0.3) is 6.08 Å². The fraction of sp³-hybridized carbons (Fsp3) is 0.583. The second-order valence-corrected chi connectivity index (χ2v) is 9.53. The Labute approximate surface area is 199 Å². The van der Waals surface area contributed by atoms with Crippen LogP contribution in [0.15, 0.2) is 24.3 Å². The lowest BCUT2D eigenvalue weighted by atomic mass is 9.97. The summed E-state index contributed by atoms with van der Waals surface area (Å²) < 4.78 is 13.3. The number of nitrogens with zero attached hydrogens (tertiary/aromatic N) is 3. The number of hydrogen-bond acceptors (Lipinski definition) is 5. The van der Waals surface area contributed by atoms with E-state index in [1.54, 1.807) is 15.9 Å². The van der Waals surface area contributed by atoms with Gasteiger partial charge in [0.2, 0.25) is 11.8 Å². The Kier molecular flexibility index (Phi) is 9.26. The maximum absolute atomic E-state index is 13.3. The average Bonchev–Trinajstić information content (AvgIpc) is 2.93. The van der Waals surface area contributed by atoms with Gasteiger partial charge in [-0.05, 0) is 42.5 Å². The molecule has 2 aliphatic heterocycles. The Balaban J connectivity index is 1.46. The highest BCUT2D eigenvalue weighted by atomic mass is 35.5. The number of aliphatic hydroxyl groups excluding tert-OH is 2. The zero-order valence-electron chi connectivity index (χ0n) is 19.0. The average molecular weight is 482 g/mol. The highest BCUT2D eigenvalue weighted by Gasteiger charge is 2.26. The topological polar surface area (TPSA) is 84.3 Å². The van der Waals surface area contributed by atoms with Gasteiger partial charge >= 0.3 is 0 Å². The Morgan fingerprint density at radius 3 is 2.82 bits per heavy atom. The van der Waals surface area contributed by atoms with Crippen LogP contribution >= 0.6 is 11.6 Å². The van der Waals surface area contributed by atoms with E-state index in [1.807, 2.05) is 0 Å². The van der Waals surface area contributed by atoms with Gasteiger partial charge in [0.05, 0.1) is 17.2 Å². The van der Waals surface area contributed by atoms with Crippen LogP contribution in [0.2, 0.25) is 5.02 Å². The van der Waals surface area contributed by atoms with Gasteiger partial charge in [0.25, 0.3) is 0 Å². The predicted molar refractivity (Wildman–Crippen MR) is 125 cm³/mol. The number of carbonyl (C=O) groups excluding carboxylic acids is 2. The van der Waals surface area contributed by atoms with Gasteiger partial charge in [-0.15, -0.1) is 0 Å². The van der Waals surface area contributed by atoms with Crippen molar-refractivity contribution in [2.75, 3.05) is 45.8 Å². The number of likely N-dealkylation sites (tertiary alicyclic amines) is 1. The van der Waals surface area contributed by atoms with Crippen LogP contribution in [0.5, 0.6) is 0 Å². The molecule has 2 fully saturated rings. The van der Waals surface area contributed by atoms with Crippen molar-refractivity contribution in [1.29, 1.82) is 0 Å². The maximum atomic E-state index is 13.3. The highest BCUT2D eigenvalue weighted by molar-refractivity contribution is 6.30. The van der Waals surface area contributed by atoms with Crippen molar-refractivity contribution in [3.8, 4) is 0 Å². The number of piperidine rings is 1. The van der Waals surface area contributed by atoms with Gasteiger partial charge in [0.15, 0.2) is 0 Å². The first-order valence-corrected chi connectivity index (χ1v) is 11.9. The zero-order chi connectivity index (χ0) is 24.0. The quantitative estimate of drug-likeness (QED) is 0.582. The van der Waals surface area contributed by atoms with Gasteiger partial charge in [-0.1, -0.05) is 24.6 Å². The van der Waals surface area contributed by atoms with Crippen LogP contribution in [0, 0.1) is 11.7 Å². The number of hydrogen-bond donors (Lipinski definition) is 2. The molecular formula is C24H33ClFN3O4. The van der Waals surface area contributed by atoms with E-state index in [0.29, 0.717) is 57.2 Å². The minimum absolute atomic E-state index is 0.00576. The second kappa shape index (κ2) is 11.9. The number of rotatable bonds is 7. The molecule has 0 radical (unpaired) electrons. The fourth-order valence-electron chi connectivity index (χ4n) is 4.48. The molecule has 0 bridgehead atoms. The van der Waals surface area contributed by atoms with Gasteiger partial charge in [0, 0.05) is 58.3 Å². The van der Waals surface area contributed by atoms with Crippen molar-refractivity contribution in [2.45, 2.75) is 38.4 Å². The number of carbonyl (C=O) groups is 2. The molecule has 0 unspecified atom stereocenters. The Bertz CT molecular complexity index is 858. The van der Waals surface area contributed by atoms with E-state index in [4.69, 9.17) is 11.6 Å². The fourth-order valence-corrected chi connectivity index (χ4v) is 4.67. The van der Waals surface area contributed by atoms with Crippen LogP contribution in [-0.2, 0) is 9.59 Å². The minimum Gasteiger partial charge on any atom is -0.392 e. The second-order valence-electron chi connectivity index (χ2n) is 9.12. The van der Waals surface area contributed by atoms with E-state index >= 15 is 0 Å². The third-order valence-electron chi connectivity index (χ3n) is 6.18. The van der Waals surface area contributed by atoms with Crippen LogP contribution in [0.1, 0.15) is 31.7 Å². The normalized spacial score (nSPS) is 23.7. The summed E-state index contributed by atoms with van der Waals surface area (Å²) in [7, 11) is 0. The molecule has 2 amide bonds. The van der Waals surface area contributed by atoms with E-state index in [2.05, 4.69) is 11.8 Å². The summed E-state index contributed by atoms with van der Waals surface area (Å²) in [5, 5.41) is 20.4. The Morgan fingerprint density at radius 2 is 2.09 bits per heavy atom. The van der Waals surface area contributed by atoms with Crippen LogP contribution in [0.3, 0.4) is 0 Å². The van der Waals surface area contributed by atoms with Gasteiger partial charge in [0.1, 0.15) is 5.82 Å². The minimum atomic E-state index is -0.582. The number of β-amino-alcohol motifs (C(OH)–C–C–N with tert-alkyl or cyclic N) is 2. The maximum Gasteiger partial charge on any atom is 0.246 e. The van der Waals surface area contributed by atoms with Crippen molar-refractivity contribution in [3.63, 3.8) is 0 Å². The Morgan fingerprint density at radius 1 is 1.30 bits per heavy atom. The van der Waals surface area contributed by atoms with Crippen molar-refractivity contribution in [3.05, 3.63) is 40.7 Å². The summed E-state index contributed by atoms with van der Waals surface area (Å²) in [6.07, 6.45) is 3.51. The molecule has 0 aliphatic carbocycles. The van der Waals surface area contributed by atoms with E-state index in [-0.39, 0.29) is 29.4 Å². The van der Waals surface area contributed by atoms with E-state index < -0.39 is 11.9 Å². The molecule has 182 valence electrons. The molecule has 2 N–H and O–H groups in total. The van der Waals surface area contributed by atoms with E-state index in [1.165, 1.54) is 24.3 Å². The lowest BCUT2D eigenvalue weighted by Gasteiger charge is -2.35. The molecule has 3 rings (SSSR count). The molecule has 2 saturated heterocycles. The van der Waals surface area contributed by atoms with Gasteiger partial charge in [-0.2, -0.15) is 0 Å². The summed E-state index contributed by atoms with van der Waals surface area (Å²) in [5.41, 5.74) is 0.617. The first-order chi connectivity index (χ1) is 15.7. The largest absolute Gasteiger partial charge is 0.392 e. The monoisotopic (exact) mass is 481 g/mol. The molecule has 0 spiro atoms. The number of amides is 2. The zero-order valence-corrected chi connectivity index (χ0v) is 19.8. The third-order valence-corrected chi connectivity index (χ3v) is 6.47. The number of benzene rings is 1. The van der Waals surface area contributed by atoms with Gasteiger partial charge in [-0.25, -0.2) is 4.39 Å². The predicted octanol–water partition coefficient (Wildman–Crippen LogP) is 2.01. The molecular weight excluding hydrogens is 449 g/mol. The summed E-state index contributed by atoms with van der Waals surface area (Å²) >= 11 is 5.77. The molecule has 2 heterocycles.